The van der Waals surface area contributed by atoms with E-state index in [9.17, 15) is 9.18 Å². The van der Waals surface area contributed by atoms with Gasteiger partial charge in [0.2, 0.25) is 5.96 Å². The minimum Gasteiger partial charge on any atom is -0.370 e. The number of nitrogens with zero attached hydrogens (tertiary/aromatic N) is 3. The summed E-state index contributed by atoms with van der Waals surface area (Å²) in [6.07, 6.45) is 0. The summed E-state index contributed by atoms with van der Waals surface area (Å²) in [5, 5.41) is 5.83. The van der Waals surface area contributed by atoms with Crippen molar-refractivity contribution < 1.29 is 9.18 Å². The smallest absolute Gasteiger partial charge is 0.282 e. The van der Waals surface area contributed by atoms with E-state index in [0.29, 0.717) is 17.8 Å². The van der Waals surface area contributed by atoms with Crippen LogP contribution in [0.2, 0.25) is 0 Å². The van der Waals surface area contributed by atoms with E-state index < -0.39 is 5.66 Å². The third kappa shape index (κ3) is 2.38. The number of rotatable bonds is 2. The number of carbonyl (C=O) groups excluding carboxylic acids is 1. The van der Waals surface area contributed by atoms with Crippen molar-refractivity contribution in [2.75, 3.05) is 16.8 Å². The number of hydrogen-bond donors (Lipinski definition) is 3. The molecule has 4 N–H and O–H groups in total. The van der Waals surface area contributed by atoms with E-state index in [1.807, 2.05) is 31.2 Å². The van der Waals surface area contributed by atoms with Crippen molar-refractivity contribution in [2.45, 2.75) is 12.6 Å². The largest absolute Gasteiger partial charge is 0.370 e. The topological polar surface area (TPSA) is 95.1 Å². The van der Waals surface area contributed by atoms with Crippen molar-refractivity contribution in [3.63, 3.8) is 0 Å². The average Bonchev–Trinajstić information content (AvgIpc) is 2.85. The first-order valence-electron chi connectivity index (χ1n) is 8.20. The predicted octanol–water partition coefficient (Wildman–Crippen LogP) is 1.73. The summed E-state index contributed by atoms with van der Waals surface area (Å²) in [4.78, 5) is 23.6. The Hall–Kier alpha value is -3.42. The quantitative estimate of drug-likeness (QED) is 0.767. The molecule has 0 aromatic heterocycles. The number of anilines is 2. The number of para-hydroxylation sites is 1. The molecular weight excluding hydrogens is 335 g/mol. The molecule has 0 saturated carbocycles. The number of benzene rings is 2. The zero-order chi connectivity index (χ0) is 18.3. The Morgan fingerprint density at radius 1 is 1.19 bits per heavy atom. The van der Waals surface area contributed by atoms with E-state index >= 15 is 0 Å². The first-order chi connectivity index (χ1) is 12.5. The third-order valence-electron chi connectivity index (χ3n) is 4.34. The van der Waals surface area contributed by atoms with E-state index in [-0.39, 0.29) is 23.6 Å². The molecule has 4 rings (SSSR count). The van der Waals surface area contributed by atoms with Crippen LogP contribution in [0.25, 0.3) is 0 Å². The molecule has 0 aliphatic carbocycles. The first kappa shape index (κ1) is 16.1. The maximum atomic E-state index is 13.1. The van der Waals surface area contributed by atoms with Crippen LogP contribution in [0.15, 0.2) is 58.5 Å². The van der Waals surface area contributed by atoms with Gasteiger partial charge in [-0.15, -0.1) is 0 Å². The Bertz CT molecular complexity index is 939. The average molecular weight is 352 g/mol. The minimum atomic E-state index is -1.45. The van der Waals surface area contributed by atoms with Gasteiger partial charge in [-0.1, -0.05) is 18.2 Å². The summed E-state index contributed by atoms with van der Waals surface area (Å²) in [5.41, 5.74) is 6.54. The number of hydrogen-bond acceptors (Lipinski definition) is 6. The van der Waals surface area contributed by atoms with Gasteiger partial charge in [0.1, 0.15) is 5.82 Å². The van der Waals surface area contributed by atoms with Gasteiger partial charge in [-0.25, -0.2) is 14.4 Å². The Morgan fingerprint density at radius 2 is 1.92 bits per heavy atom. The molecule has 1 spiro atoms. The van der Waals surface area contributed by atoms with Crippen LogP contribution in [0.1, 0.15) is 12.5 Å². The minimum absolute atomic E-state index is 0.0747. The standard InChI is InChI=1S/C18H17FN6O/c1-2-25-14-6-4-3-5-13(14)18(15(25)26)23-16(20)22-17(24-18)21-12-9-7-11(19)8-10-12/h3-10H,2H2,1H3,(H4,20,21,22,23,24). The van der Waals surface area contributed by atoms with Crippen LogP contribution in [-0.2, 0) is 10.5 Å². The van der Waals surface area contributed by atoms with E-state index in [1.165, 1.54) is 12.1 Å². The lowest BCUT2D eigenvalue weighted by molar-refractivity contribution is -0.122. The second kappa shape index (κ2) is 5.83. The zero-order valence-electron chi connectivity index (χ0n) is 14.0. The van der Waals surface area contributed by atoms with Crippen LogP contribution in [0.3, 0.4) is 0 Å². The highest BCUT2D eigenvalue weighted by molar-refractivity contribution is 6.14. The summed E-state index contributed by atoms with van der Waals surface area (Å²) in [7, 11) is 0. The van der Waals surface area contributed by atoms with Gasteiger partial charge in [-0.2, -0.15) is 0 Å². The summed E-state index contributed by atoms with van der Waals surface area (Å²) < 4.78 is 13.1. The number of nitrogens with one attached hydrogen (secondary N) is 2. The van der Waals surface area contributed by atoms with Crippen LogP contribution in [-0.4, -0.2) is 24.4 Å². The van der Waals surface area contributed by atoms with E-state index in [4.69, 9.17) is 5.73 Å². The van der Waals surface area contributed by atoms with Gasteiger partial charge in [-0.05, 0) is 37.3 Å². The van der Waals surface area contributed by atoms with Crippen LogP contribution in [0, 0.1) is 5.82 Å². The van der Waals surface area contributed by atoms with Crippen molar-refractivity contribution in [1.82, 2.24) is 5.32 Å². The number of halogens is 1. The van der Waals surface area contributed by atoms with Gasteiger partial charge in [-0.3, -0.25) is 10.1 Å². The van der Waals surface area contributed by atoms with Gasteiger partial charge in [0, 0.05) is 17.8 Å². The van der Waals surface area contributed by atoms with Crippen molar-refractivity contribution in [3.05, 3.63) is 59.9 Å². The predicted molar refractivity (Wildman–Crippen MR) is 98.4 cm³/mol. The summed E-state index contributed by atoms with van der Waals surface area (Å²) in [6.45, 7) is 2.39. The van der Waals surface area contributed by atoms with Crippen LogP contribution in [0.4, 0.5) is 15.8 Å². The molecule has 8 heteroatoms. The fourth-order valence-electron chi connectivity index (χ4n) is 3.21. The van der Waals surface area contributed by atoms with Gasteiger partial charge >= 0.3 is 0 Å². The molecule has 2 heterocycles. The molecule has 0 bridgehead atoms. The molecule has 1 amide bonds. The molecule has 2 aliphatic rings. The Morgan fingerprint density at radius 3 is 2.65 bits per heavy atom. The van der Waals surface area contributed by atoms with Gasteiger partial charge in [0.05, 0.1) is 5.69 Å². The van der Waals surface area contributed by atoms with Gasteiger partial charge in [0.15, 0.2) is 5.96 Å². The van der Waals surface area contributed by atoms with E-state index in [2.05, 4.69) is 20.6 Å². The second-order valence-corrected chi connectivity index (χ2v) is 5.95. The van der Waals surface area contributed by atoms with Crippen molar-refractivity contribution >= 4 is 29.2 Å². The van der Waals surface area contributed by atoms with Crippen LogP contribution < -0.4 is 21.3 Å². The zero-order valence-corrected chi connectivity index (χ0v) is 14.0. The number of carbonyl (C=O) groups is 1. The highest BCUT2D eigenvalue weighted by Crippen LogP contribution is 2.44. The summed E-state index contributed by atoms with van der Waals surface area (Å²) in [6, 6.07) is 13.2. The summed E-state index contributed by atoms with van der Waals surface area (Å²) in [5.74, 6) is -0.259. The van der Waals surface area contributed by atoms with Crippen LogP contribution >= 0.6 is 0 Å². The van der Waals surface area contributed by atoms with Crippen molar-refractivity contribution in [3.8, 4) is 0 Å². The highest BCUT2D eigenvalue weighted by atomic mass is 19.1. The number of nitrogens with two attached hydrogens (primary N) is 1. The Kier molecular flexibility index (Phi) is 3.61. The lowest BCUT2D eigenvalue weighted by Crippen LogP contribution is -2.51. The van der Waals surface area contributed by atoms with E-state index in [0.717, 1.165) is 5.69 Å². The van der Waals surface area contributed by atoms with E-state index in [1.54, 1.807) is 17.0 Å². The summed E-state index contributed by atoms with van der Waals surface area (Å²) >= 11 is 0. The number of guanidine groups is 2. The molecular formula is C18H17FN6O. The molecule has 0 radical (unpaired) electrons. The number of aliphatic imine (C=N–C) groups is 2. The maximum Gasteiger partial charge on any atom is 0.282 e. The molecule has 132 valence electrons. The fourth-order valence-corrected chi connectivity index (χ4v) is 3.21. The molecule has 0 saturated heterocycles. The normalized spacial score (nSPS) is 21.2. The monoisotopic (exact) mass is 352 g/mol. The van der Waals surface area contributed by atoms with Crippen LogP contribution in [0.5, 0.6) is 0 Å². The van der Waals surface area contributed by atoms with Gasteiger partial charge < -0.3 is 16.0 Å². The molecule has 2 aromatic rings. The molecule has 0 fully saturated rings. The van der Waals surface area contributed by atoms with Crippen molar-refractivity contribution in [1.29, 1.82) is 0 Å². The number of amides is 1. The molecule has 1 atom stereocenters. The SMILES string of the molecule is CCN1C(=O)C2(N=C(N)NC(Nc3ccc(F)cc3)=N2)c2ccccc21. The number of likely N-dealkylation sites (N-methyl/N-ethyl adjacent to an activating group) is 1. The molecule has 2 aromatic carbocycles. The van der Waals surface area contributed by atoms with Gasteiger partial charge in [0.25, 0.3) is 11.6 Å². The Labute approximate surface area is 149 Å². The number of fused-ring (bicyclic) bond motifs is 2. The molecule has 7 nitrogen and oxygen atoms in total. The lowest BCUT2D eigenvalue weighted by atomic mass is 10.0. The third-order valence-corrected chi connectivity index (χ3v) is 4.34. The first-order valence-corrected chi connectivity index (χ1v) is 8.20. The lowest BCUT2D eigenvalue weighted by Gasteiger charge is -2.27. The molecule has 26 heavy (non-hydrogen) atoms. The Balaban J connectivity index is 1.79. The maximum absolute atomic E-state index is 13.1. The molecule has 2 aliphatic heterocycles. The molecule has 1 unspecified atom stereocenters. The second-order valence-electron chi connectivity index (χ2n) is 5.95. The fraction of sp³-hybridized carbons (Fsp3) is 0.167. The highest BCUT2D eigenvalue weighted by Gasteiger charge is 2.52. The van der Waals surface area contributed by atoms with Crippen molar-refractivity contribution in [2.24, 2.45) is 15.7 Å².